The summed E-state index contributed by atoms with van der Waals surface area (Å²) >= 11 is 0. The largest absolute Gasteiger partial charge is 0.496 e. The van der Waals surface area contributed by atoms with E-state index in [2.05, 4.69) is 52.6 Å². The average Bonchev–Trinajstić information content (AvgIpc) is 3.27. The molecule has 1 fully saturated rings. The van der Waals surface area contributed by atoms with Crippen molar-refractivity contribution in [2.75, 3.05) is 46.5 Å². The molecule has 6 heteroatoms. The second kappa shape index (κ2) is 10.7. The van der Waals surface area contributed by atoms with E-state index >= 15 is 0 Å². The molecular weight excluding hydrogens is 402 g/mol. The van der Waals surface area contributed by atoms with Crippen LogP contribution in [0.2, 0.25) is 0 Å². The van der Waals surface area contributed by atoms with Gasteiger partial charge < -0.3 is 19.8 Å². The van der Waals surface area contributed by atoms with E-state index in [1.165, 1.54) is 10.9 Å². The van der Waals surface area contributed by atoms with Gasteiger partial charge in [-0.1, -0.05) is 43.3 Å². The number of fused-ring (bicyclic) bond motifs is 1. The number of rotatable bonds is 9. The number of para-hydroxylation sites is 2. The van der Waals surface area contributed by atoms with Gasteiger partial charge in [-0.2, -0.15) is 0 Å². The van der Waals surface area contributed by atoms with Crippen LogP contribution in [0.5, 0.6) is 5.75 Å². The van der Waals surface area contributed by atoms with Crippen LogP contribution >= 0.6 is 0 Å². The number of benzene rings is 2. The molecule has 1 amide bonds. The van der Waals surface area contributed by atoms with Gasteiger partial charge >= 0.3 is 0 Å². The number of carbonyl (C=O) groups excluding carboxylic acids is 1. The zero-order valence-corrected chi connectivity index (χ0v) is 19.0. The van der Waals surface area contributed by atoms with Gasteiger partial charge in [0.2, 0.25) is 5.91 Å². The Kier molecular flexibility index (Phi) is 7.45. The Labute approximate surface area is 189 Å². The molecule has 0 bridgehead atoms. The summed E-state index contributed by atoms with van der Waals surface area (Å²) < 4.78 is 11.1. The summed E-state index contributed by atoms with van der Waals surface area (Å²) in [5.41, 5.74) is 4.59. The van der Waals surface area contributed by atoms with Crippen LogP contribution in [-0.4, -0.2) is 62.3 Å². The predicted octanol–water partition coefficient (Wildman–Crippen LogP) is 3.71. The van der Waals surface area contributed by atoms with Crippen molar-refractivity contribution in [2.24, 2.45) is 0 Å². The molecule has 6 nitrogen and oxygen atoms in total. The Morgan fingerprint density at radius 3 is 2.75 bits per heavy atom. The summed E-state index contributed by atoms with van der Waals surface area (Å²) in [6, 6.07) is 14.4. The van der Waals surface area contributed by atoms with Gasteiger partial charge in [0.25, 0.3) is 0 Å². The molecule has 4 rings (SSSR count). The highest BCUT2D eigenvalue weighted by Crippen LogP contribution is 2.38. The first-order valence-electron chi connectivity index (χ1n) is 11.5. The number of amides is 1. The van der Waals surface area contributed by atoms with Crippen LogP contribution in [0, 0.1) is 0 Å². The van der Waals surface area contributed by atoms with Crippen LogP contribution in [0.4, 0.5) is 0 Å². The average molecular weight is 436 g/mol. The summed E-state index contributed by atoms with van der Waals surface area (Å²) in [7, 11) is 1.68. The van der Waals surface area contributed by atoms with Crippen LogP contribution in [-0.2, 0) is 16.0 Å². The normalized spacial score (nSPS) is 15.6. The van der Waals surface area contributed by atoms with Gasteiger partial charge in [0.1, 0.15) is 5.75 Å². The SMILES string of the molecule is CCc1cccc2c(C(CC(=O)NCCN3CCOCC3)c3ccccc3OC)c[nH]c12. The number of nitrogens with zero attached hydrogens (tertiary/aromatic N) is 1. The topological polar surface area (TPSA) is 66.6 Å². The van der Waals surface area contributed by atoms with Gasteiger partial charge in [-0.05, 0) is 23.6 Å². The maximum Gasteiger partial charge on any atom is 0.220 e. The lowest BCUT2D eigenvalue weighted by Gasteiger charge is -2.26. The molecule has 0 saturated carbocycles. The van der Waals surface area contributed by atoms with E-state index in [9.17, 15) is 4.79 Å². The number of hydrogen-bond donors (Lipinski definition) is 2. The first-order valence-corrected chi connectivity index (χ1v) is 11.5. The van der Waals surface area contributed by atoms with E-state index in [4.69, 9.17) is 9.47 Å². The first kappa shape index (κ1) is 22.4. The lowest BCUT2D eigenvalue weighted by molar-refractivity contribution is -0.121. The Balaban J connectivity index is 1.57. The van der Waals surface area contributed by atoms with Gasteiger partial charge in [0.15, 0.2) is 0 Å². The summed E-state index contributed by atoms with van der Waals surface area (Å²) in [4.78, 5) is 18.8. The number of aromatic amines is 1. The highest BCUT2D eigenvalue weighted by atomic mass is 16.5. The van der Waals surface area contributed by atoms with Crippen molar-refractivity contribution in [2.45, 2.75) is 25.7 Å². The monoisotopic (exact) mass is 435 g/mol. The standard InChI is InChI=1S/C26H33N3O3/c1-3-19-7-6-9-21-23(18-28-26(19)21)22(20-8-4-5-10-24(20)31-2)17-25(30)27-11-12-29-13-15-32-16-14-29/h4-10,18,22,28H,3,11-17H2,1-2H3,(H,27,30). The number of H-pyrrole nitrogens is 1. The zero-order chi connectivity index (χ0) is 22.3. The number of ether oxygens (including phenoxy) is 2. The van der Waals surface area contributed by atoms with Crippen molar-refractivity contribution >= 4 is 16.8 Å². The van der Waals surface area contributed by atoms with E-state index in [-0.39, 0.29) is 11.8 Å². The van der Waals surface area contributed by atoms with Gasteiger partial charge in [0.05, 0.1) is 20.3 Å². The maximum atomic E-state index is 13.0. The highest BCUT2D eigenvalue weighted by Gasteiger charge is 2.24. The molecular formula is C26H33N3O3. The third-order valence-electron chi connectivity index (χ3n) is 6.35. The Hall–Kier alpha value is -2.83. The third-order valence-corrected chi connectivity index (χ3v) is 6.35. The molecule has 1 saturated heterocycles. The van der Waals surface area contributed by atoms with Gasteiger partial charge in [0, 0.05) is 61.2 Å². The Morgan fingerprint density at radius 2 is 1.97 bits per heavy atom. The fourth-order valence-corrected chi connectivity index (χ4v) is 4.60. The van der Waals surface area contributed by atoms with Crippen molar-refractivity contribution in [1.29, 1.82) is 0 Å². The molecule has 2 aromatic carbocycles. The van der Waals surface area contributed by atoms with Crippen LogP contribution in [0.1, 0.15) is 36.0 Å². The van der Waals surface area contributed by atoms with Crippen molar-refractivity contribution < 1.29 is 14.3 Å². The number of carbonyl (C=O) groups is 1. The maximum absolute atomic E-state index is 13.0. The van der Waals surface area contributed by atoms with Gasteiger partial charge in [-0.25, -0.2) is 0 Å². The molecule has 0 spiro atoms. The Bertz CT molecular complexity index is 1040. The van der Waals surface area contributed by atoms with E-state index in [1.807, 2.05) is 18.2 Å². The number of aryl methyl sites for hydroxylation is 1. The summed E-state index contributed by atoms with van der Waals surface area (Å²) in [6.45, 7) is 7.04. The number of aromatic nitrogens is 1. The number of nitrogens with one attached hydrogen (secondary N) is 2. The Morgan fingerprint density at radius 1 is 1.16 bits per heavy atom. The quantitative estimate of drug-likeness (QED) is 0.538. The molecule has 1 aliphatic rings. The lowest BCUT2D eigenvalue weighted by Crippen LogP contribution is -2.41. The first-order chi connectivity index (χ1) is 15.7. The minimum atomic E-state index is -0.101. The summed E-state index contributed by atoms with van der Waals surface area (Å²) in [5, 5.41) is 4.30. The van der Waals surface area contributed by atoms with E-state index < -0.39 is 0 Å². The molecule has 2 heterocycles. The fourth-order valence-electron chi connectivity index (χ4n) is 4.60. The predicted molar refractivity (Wildman–Crippen MR) is 127 cm³/mol. The lowest BCUT2D eigenvalue weighted by atomic mass is 9.87. The summed E-state index contributed by atoms with van der Waals surface area (Å²) in [6.07, 6.45) is 3.38. The fraction of sp³-hybridized carbons (Fsp3) is 0.423. The van der Waals surface area contributed by atoms with Gasteiger partial charge in [-0.15, -0.1) is 0 Å². The molecule has 0 aliphatic carbocycles. The van der Waals surface area contributed by atoms with Crippen LogP contribution in [0.15, 0.2) is 48.7 Å². The molecule has 1 aromatic heterocycles. The van der Waals surface area contributed by atoms with Crippen molar-refractivity contribution in [3.8, 4) is 5.75 Å². The zero-order valence-electron chi connectivity index (χ0n) is 19.0. The molecule has 170 valence electrons. The molecule has 1 aliphatic heterocycles. The van der Waals surface area contributed by atoms with Crippen molar-refractivity contribution in [1.82, 2.24) is 15.2 Å². The van der Waals surface area contributed by atoms with Crippen LogP contribution in [0.25, 0.3) is 10.9 Å². The second-order valence-corrected chi connectivity index (χ2v) is 8.24. The van der Waals surface area contributed by atoms with Crippen molar-refractivity contribution in [3.63, 3.8) is 0 Å². The van der Waals surface area contributed by atoms with E-state index in [0.717, 1.165) is 61.7 Å². The molecule has 1 atom stereocenters. The molecule has 3 aromatic rings. The van der Waals surface area contributed by atoms with E-state index in [0.29, 0.717) is 13.0 Å². The highest BCUT2D eigenvalue weighted by molar-refractivity contribution is 5.88. The van der Waals surface area contributed by atoms with E-state index in [1.54, 1.807) is 7.11 Å². The third kappa shape index (κ3) is 4.97. The van der Waals surface area contributed by atoms with Crippen LogP contribution in [0.3, 0.4) is 0 Å². The number of hydrogen-bond acceptors (Lipinski definition) is 4. The number of morpholine rings is 1. The molecule has 32 heavy (non-hydrogen) atoms. The minimum absolute atomic E-state index is 0.0511. The summed E-state index contributed by atoms with van der Waals surface area (Å²) in [5.74, 6) is 0.755. The van der Waals surface area contributed by atoms with Crippen molar-refractivity contribution in [3.05, 3.63) is 65.4 Å². The molecule has 1 unspecified atom stereocenters. The molecule has 0 radical (unpaired) electrons. The van der Waals surface area contributed by atoms with Gasteiger partial charge in [-0.3, -0.25) is 9.69 Å². The van der Waals surface area contributed by atoms with Crippen LogP contribution < -0.4 is 10.1 Å². The number of methoxy groups -OCH3 is 1. The minimum Gasteiger partial charge on any atom is -0.496 e. The molecule has 2 N–H and O–H groups in total. The second-order valence-electron chi connectivity index (χ2n) is 8.24. The smallest absolute Gasteiger partial charge is 0.220 e.